The number of methoxy groups -OCH3 is 2. The van der Waals surface area contributed by atoms with Gasteiger partial charge in [-0.25, -0.2) is 4.79 Å². The molecule has 3 rings (SSSR count). The van der Waals surface area contributed by atoms with E-state index in [2.05, 4.69) is 5.32 Å². The summed E-state index contributed by atoms with van der Waals surface area (Å²) >= 11 is 0. The molecule has 160 valence electrons. The average Bonchev–Trinajstić information content (AvgIpc) is 2.80. The van der Waals surface area contributed by atoms with Crippen LogP contribution in [0.4, 0.5) is 0 Å². The van der Waals surface area contributed by atoms with E-state index in [9.17, 15) is 9.59 Å². The summed E-state index contributed by atoms with van der Waals surface area (Å²) in [5.74, 6) is 0.233. The summed E-state index contributed by atoms with van der Waals surface area (Å²) in [6, 6.07) is 15.0. The molecule has 0 bridgehead atoms. The van der Waals surface area contributed by atoms with Gasteiger partial charge in [0, 0.05) is 6.42 Å². The summed E-state index contributed by atoms with van der Waals surface area (Å²) in [5.41, 5.74) is 2.47. The number of hydrogen-bond donors (Lipinski definition) is 1. The van der Waals surface area contributed by atoms with Crippen molar-refractivity contribution in [2.45, 2.75) is 56.9 Å². The minimum absolute atomic E-state index is 0.102. The van der Waals surface area contributed by atoms with Gasteiger partial charge in [-0.05, 0) is 43.0 Å². The first-order valence-corrected chi connectivity index (χ1v) is 10.6. The second-order valence-electron chi connectivity index (χ2n) is 8.11. The third-order valence-corrected chi connectivity index (χ3v) is 6.14. The quantitative estimate of drug-likeness (QED) is 0.699. The molecule has 2 aromatic rings. The molecule has 1 aliphatic carbocycles. The van der Waals surface area contributed by atoms with Crippen LogP contribution in [0.25, 0.3) is 0 Å². The van der Waals surface area contributed by atoms with Crippen LogP contribution in [0.5, 0.6) is 5.75 Å². The summed E-state index contributed by atoms with van der Waals surface area (Å²) in [4.78, 5) is 26.1. The molecular formula is C25H31NO4. The Bertz CT molecular complexity index is 852. The zero-order chi connectivity index (χ0) is 21.6. The zero-order valence-electron chi connectivity index (χ0n) is 18.1. The van der Waals surface area contributed by atoms with Gasteiger partial charge in [0.1, 0.15) is 11.8 Å². The number of esters is 1. The summed E-state index contributed by atoms with van der Waals surface area (Å²) in [5, 5.41) is 3.02. The normalized spacial score (nSPS) is 16.4. The van der Waals surface area contributed by atoms with Gasteiger partial charge in [-0.2, -0.15) is 0 Å². The number of aryl methyl sites for hydroxylation is 1. The van der Waals surface area contributed by atoms with Crippen LogP contribution < -0.4 is 10.1 Å². The Morgan fingerprint density at radius 3 is 2.17 bits per heavy atom. The fraction of sp³-hybridized carbons (Fsp3) is 0.440. The number of amides is 1. The Kier molecular flexibility index (Phi) is 7.14. The number of hydrogen-bond acceptors (Lipinski definition) is 4. The van der Waals surface area contributed by atoms with E-state index in [1.807, 2.05) is 55.5 Å². The van der Waals surface area contributed by atoms with E-state index in [0.29, 0.717) is 6.42 Å². The minimum atomic E-state index is -0.720. The van der Waals surface area contributed by atoms with Crippen molar-refractivity contribution < 1.29 is 19.1 Å². The molecule has 2 aromatic carbocycles. The number of ether oxygens (including phenoxy) is 2. The predicted octanol–water partition coefficient (Wildman–Crippen LogP) is 4.11. The smallest absolute Gasteiger partial charge is 0.328 e. The van der Waals surface area contributed by atoms with E-state index in [0.717, 1.165) is 54.5 Å². The van der Waals surface area contributed by atoms with Gasteiger partial charge < -0.3 is 14.8 Å². The van der Waals surface area contributed by atoms with Crippen LogP contribution in [-0.2, 0) is 26.2 Å². The van der Waals surface area contributed by atoms with E-state index in [1.54, 1.807) is 7.11 Å². The first-order chi connectivity index (χ1) is 14.5. The maximum absolute atomic E-state index is 13.6. The first kappa shape index (κ1) is 21.9. The van der Waals surface area contributed by atoms with Crippen molar-refractivity contribution in [1.82, 2.24) is 5.32 Å². The van der Waals surface area contributed by atoms with Crippen molar-refractivity contribution in [3.8, 4) is 5.75 Å². The monoisotopic (exact) mass is 409 g/mol. The van der Waals surface area contributed by atoms with E-state index in [4.69, 9.17) is 9.47 Å². The molecule has 1 amide bonds. The van der Waals surface area contributed by atoms with Crippen molar-refractivity contribution in [3.63, 3.8) is 0 Å². The van der Waals surface area contributed by atoms with Gasteiger partial charge in [0.05, 0.1) is 19.6 Å². The molecule has 1 unspecified atom stereocenters. The van der Waals surface area contributed by atoms with Crippen LogP contribution in [-0.4, -0.2) is 32.1 Å². The van der Waals surface area contributed by atoms with Crippen LogP contribution in [0, 0.1) is 6.92 Å². The lowest BCUT2D eigenvalue weighted by Crippen LogP contribution is -2.52. The Labute approximate surface area is 178 Å². The van der Waals surface area contributed by atoms with Crippen LogP contribution in [0.2, 0.25) is 0 Å². The van der Waals surface area contributed by atoms with Crippen LogP contribution in [0.1, 0.15) is 48.8 Å². The molecule has 1 fully saturated rings. The van der Waals surface area contributed by atoms with Gasteiger partial charge >= 0.3 is 5.97 Å². The largest absolute Gasteiger partial charge is 0.497 e. The van der Waals surface area contributed by atoms with Crippen LogP contribution in [0.15, 0.2) is 48.5 Å². The van der Waals surface area contributed by atoms with E-state index >= 15 is 0 Å². The molecule has 5 heteroatoms. The lowest BCUT2D eigenvalue weighted by atomic mass is 9.68. The third kappa shape index (κ3) is 4.84. The van der Waals surface area contributed by atoms with Gasteiger partial charge in [0.25, 0.3) is 0 Å². The topological polar surface area (TPSA) is 64.6 Å². The first-order valence-electron chi connectivity index (χ1n) is 10.6. The van der Waals surface area contributed by atoms with Crippen molar-refractivity contribution in [3.05, 3.63) is 65.2 Å². The molecule has 0 aromatic heterocycles. The second-order valence-corrected chi connectivity index (χ2v) is 8.11. The fourth-order valence-electron chi connectivity index (χ4n) is 4.30. The Morgan fingerprint density at radius 2 is 1.60 bits per heavy atom. The summed E-state index contributed by atoms with van der Waals surface area (Å²) in [6.07, 6.45) is 5.03. The number of nitrogens with one attached hydrogen (secondary N) is 1. The van der Waals surface area contributed by atoms with Crippen LogP contribution in [0.3, 0.4) is 0 Å². The highest BCUT2D eigenvalue weighted by atomic mass is 16.5. The number of carbonyl (C=O) groups excluding carboxylic acids is 2. The summed E-state index contributed by atoms with van der Waals surface area (Å²) in [7, 11) is 2.99. The average molecular weight is 410 g/mol. The van der Waals surface area contributed by atoms with Gasteiger partial charge in [0.2, 0.25) is 5.91 Å². The molecule has 1 aliphatic rings. The molecule has 0 radical (unpaired) electrons. The summed E-state index contributed by atoms with van der Waals surface area (Å²) < 4.78 is 10.3. The van der Waals surface area contributed by atoms with E-state index < -0.39 is 17.4 Å². The highest BCUT2D eigenvalue weighted by molar-refractivity contribution is 5.92. The van der Waals surface area contributed by atoms with Gasteiger partial charge in [-0.1, -0.05) is 61.2 Å². The highest BCUT2D eigenvalue weighted by Crippen LogP contribution is 2.40. The maximum Gasteiger partial charge on any atom is 0.328 e. The van der Waals surface area contributed by atoms with Gasteiger partial charge in [-0.3, -0.25) is 4.79 Å². The van der Waals surface area contributed by atoms with Crippen molar-refractivity contribution >= 4 is 11.9 Å². The molecule has 0 spiro atoms. The Balaban J connectivity index is 1.86. The second kappa shape index (κ2) is 9.79. The molecule has 1 N–H and O–H groups in total. The van der Waals surface area contributed by atoms with E-state index in [-0.39, 0.29) is 5.91 Å². The molecular weight excluding hydrogens is 378 g/mol. The molecule has 1 atom stereocenters. The van der Waals surface area contributed by atoms with Gasteiger partial charge in [0.15, 0.2) is 0 Å². The number of rotatable bonds is 7. The van der Waals surface area contributed by atoms with Gasteiger partial charge in [-0.15, -0.1) is 0 Å². The zero-order valence-corrected chi connectivity index (χ0v) is 18.1. The van der Waals surface area contributed by atoms with Crippen LogP contribution >= 0.6 is 0 Å². The lowest BCUT2D eigenvalue weighted by Gasteiger charge is -2.37. The maximum atomic E-state index is 13.6. The van der Waals surface area contributed by atoms with Crippen molar-refractivity contribution in [1.29, 1.82) is 0 Å². The standard InChI is InChI=1S/C25H31NO4/c1-18-7-9-19(10-8-18)17-22(23(27)30-3)26-24(28)25(15-5-4-6-16-25)20-11-13-21(29-2)14-12-20/h7-14,22H,4-6,15-17H2,1-3H3,(H,26,28). The SMILES string of the molecule is COC(=O)C(Cc1ccc(C)cc1)NC(=O)C1(c2ccc(OC)cc2)CCCCC1. The van der Waals surface area contributed by atoms with Crippen molar-refractivity contribution in [2.75, 3.05) is 14.2 Å². The molecule has 0 saturated heterocycles. The number of benzene rings is 2. The molecule has 30 heavy (non-hydrogen) atoms. The molecule has 0 heterocycles. The fourth-order valence-corrected chi connectivity index (χ4v) is 4.30. The van der Waals surface area contributed by atoms with Crippen molar-refractivity contribution in [2.24, 2.45) is 0 Å². The summed E-state index contributed by atoms with van der Waals surface area (Å²) in [6.45, 7) is 2.02. The lowest BCUT2D eigenvalue weighted by molar-refractivity contribution is -0.146. The minimum Gasteiger partial charge on any atom is -0.497 e. The molecule has 1 saturated carbocycles. The van der Waals surface area contributed by atoms with E-state index in [1.165, 1.54) is 7.11 Å². The molecule has 0 aliphatic heterocycles. The Morgan fingerprint density at radius 1 is 0.967 bits per heavy atom. The predicted molar refractivity (Wildman–Crippen MR) is 117 cm³/mol. The highest BCUT2D eigenvalue weighted by Gasteiger charge is 2.42. The third-order valence-electron chi connectivity index (χ3n) is 6.14. The molecule has 5 nitrogen and oxygen atoms in total. The Hall–Kier alpha value is -2.82. The number of carbonyl (C=O) groups is 2.